The summed E-state index contributed by atoms with van der Waals surface area (Å²) in [6, 6.07) is 6.17. The first-order valence-corrected chi connectivity index (χ1v) is 11.8. The van der Waals surface area contributed by atoms with Gasteiger partial charge in [0, 0.05) is 34.4 Å². The predicted molar refractivity (Wildman–Crippen MR) is 119 cm³/mol. The number of carbonyl (C=O) groups excluding carboxylic acids is 1. The number of amides is 1. The number of aromatic amines is 1. The summed E-state index contributed by atoms with van der Waals surface area (Å²) in [6.07, 6.45) is 11.0. The molecule has 4 unspecified atom stereocenters. The third kappa shape index (κ3) is 3.50. The number of thiazole rings is 1. The van der Waals surface area contributed by atoms with Crippen molar-refractivity contribution in [2.75, 3.05) is 0 Å². The molecule has 2 N–H and O–H groups in total. The Morgan fingerprint density at radius 3 is 3.00 bits per heavy atom. The first kappa shape index (κ1) is 18.9. The number of nitrogens with one attached hydrogen (secondary N) is 2. The number of carbonyl (C=O) groups is 1. The maximum absolute atomic E-state index is 13.6. The second-order valence-corrected chi connectivity index (χ2v) is 10.3. The van der Waals surface area contributed by atoms with Crippen molar-refractivity contribution in [3.05, 3.63) is 41.7 Å². The lowest BCUT2D eigenvalue weighted by molar-refractivity contribution is 0.0430. The van der Waals surface area contributed by atoms with Crippen LogP contribution in [-0.2, 0) is 0 Å². The van der Waals surface area contributed by atoms with Gasteiger partial charge < -0.3 is 10.3 Å². The largest absolute Gasteiger partial charge is 0.361 e. The quantitative estimate of drug-likeness (QED) is 0.556. The second-order valence-electron chi connectivity index (χ2n) is 9.39. The van der Waals surface area contributed by atoms with Crippen molar-refractivity contribution < 1.29 is 4.79 Å². The molecule has 0 saturated heterocycles. The fraction of sp³-hybridized carbons (Fsp3) is 0.500. The van der Waals surface area contributed by atoms with Crippen molar-refractivity contribution in [2.24, 2.45) is 17.8 Å². The van der Waals surface area contributed by atoms with Gasteiger partial charge in [0.1, 0.15) is 0 Å². The molecule has 4 atom stereocenters. The maximum atomic E-state index is 13.6. The van der Waals surface area contributed by atoms with Crippen molar-refractivity contribution >= 4 is 28.1 Å². The lowest BCUT2D eigenvalue weighted by Crippen LogP contribution is -2.56. The molecular weight excluding hydrogens is 378 g/mol. The lowest BCUT2D eigenvalue weighted by atomic mass is 9.60. The fourth-order valence-corrected chi connectivity index (χ4v) is 6.73. The van der Waals surface area contributed by atoms with Gasteiger partial charge in [-0.1, -0.05) is 20.3 Å². The van der Waals surface area contributed by atoms with Gasteiger partial charge in [-0.3, -0.25) is 9.78 Å². The summed E-state index contributed by atoms with van der Waals surface area (Å²) in [4.78, 5) is 22.2. The highest BCUT2D eigenvalue weighted by atomic mass is 32.1. The number of hydrogen-bond donors (Lipinski definition) is 2. The minimum Gasteiger partial charge on any atom is -0.361 e. The molecule has 5 rings (SSSR count). The number of aromatic nitrogens is 2. The Bertz CT molecular complexity index is 1020. The summed E-state index contributed by atoms with van der Waals surface area (Å²) in [5.41, 5.74) is 4.62. The van der Waals surface area contributed by atoms with E-state index in [1.807, 2.05) is 30.0 Å². The van der Waals surface area contributed by atoms with Gasteiger partial charge in [-0.2, -0.15) is 0 Å². The average molecular weight is 408 g/mol. The summed E-state index contributed by atoms with van der Waals surface area (Å²) in [6.45, 7) is 4.65. The molecule has 152 valence electrons. The smallest absolute Gasteiger partial charge is 0.252 e. The lowest BCUT2D eigenvalue weighted by Gasteiger charge is -2.51. The molecule has 5 heteroatoms. The van der Waals surface area contributed by atoms with E-state index in [0.717, 1.165) is 58.0 Å². The van der Waals surface area contributed by atoms with E-state index in [-0.39, 0.29) is 11.4 Å². The van der Waals surface area contributed by atoms with Crippen molar-refractivity contribution in [2.45, 2.75) is 57.9 Å². The van der Waals surface area contributed by atoms with Gasteiger partial charge in [0.25, 0.3) is 5.91 Å². The highest BCUT2D eigenvalue weighted by molar-refractivity contribution is 7.13. The number of nitrogens with zero attached hydrogens (tertiary/aromatic N) is 1. The van der Waals surface area contributed by atoms with Crippen LogP contribution in [0.2, 0.25) is 0 Å². The van der Waals surface area contributed by atoms with Gasteiger partial charge in [0.15, 0.2) is 0 Å². The molecule has 4 nitrogen and oxygen atoms in total. The van der Waals surface area contributed by atoms with Gasteiger partial charge in [0.2, 0.25) is 0 Å². The number of fused-ring (bicyclic) bond motifs is 3. The molecule has 2 heterocycles. The second kappa shape index (κ2) is 7.28. The molecule has 2 aromatic heterocycles. The molecule has 1 aromatic carbocycles. The molecule has 29 heavy (non-hydrogen) atoms. The Morgan fingerprint density at radius 1 is 1.31 bits per heavy atom. The van der Waals surface area contributed by atoms with Crippen LogP contribution in [0.4, 0.5) is 0 Å². The minimum absolute atomic E-state index is 0.0402. The van der Waals surface area contributed by atoms with Crippen LogP contribution in [0.25, 0.3) is 21.3 Å². The molecule has 0 aliphatic heterocycles. The SMILES string of the molecule is CCC1CC2CC(C)CC(NC(=O)c3cc(-c4cncs4)cc4[nH]ccc34)(C1)C2. The van der Waals surface area contributed by atoms with Crippen molar-refractivity contribution in [1.82, 2.24) is 15.3 Å². The fourth-order valence-electron chi connectivity index (χ4n) is 6.12. The molecule has 3 aromatic rings. The van der Waals surface area contributed by atoms with E-state index in [1.54, 1.807) is 11.3 Å². The van der Waals surface area contributed by atoms with E-state index in [2.05, 4.69) is 35.2 Å². The Labute approximate surface area is 176 Å². The zero-order valence-electron chi connectivity index (χ0n) is 17.2. The van der Waals surface area contributed by atoms with Gasteiger partial charge in [-0.15, -0.1) is 11.3 Å². The maximum Gasteiger partial charge on any atom is 0.252 e. The van der Waals surface area contributed by atoms with Crippen molar-refractivity contribution in [3.8, 4) is 10.4 Å². The first-order chi connectivity index (χ1) is 14.0. The van der Waals surface area contributed by atoms with Gasteiger partial charge >= 0.3 is 0 Å². The van der Waals surface area contributed by atoms with Crippen molar-refractivity contribution in [3.63, 3.8) is 0 Å². The molecule has 2 fully saturated rings. The molecule has 0 radical (unpaired) electrons. The van der Waals surface area contributed by atoms with Crippen LogP contribution in [0.1, 0.15) is 62.7 Å². The number of hydrogen-bond acceptors (Lipinski definition) is 3. The number of rotatable bonds is 4. The van der Waals surface area contributed by atoms with Gasteiger partial charge in [-0.25, -0.2) is 0 Å². The van der Waals surface area contributed by atoms with Crippen LogP contribution < -0.4 is 5.32 Å². The monoisotopic (exact) mass is 407 g/mol. The van der Waals surface area contributed by atoms with E-state index in [4.69, 9.17) is 0 Å². The number of benzene rings is 1. The standard InChI is InChI=1S/C24H29N3OS/c1-3-16-7-17-6-15(2)10-24(11-16,12-17)27-23(28)20-8-18(22-13-25-14-29-22)9-21-19(20)4-5-26-21/h4-5,8-9,13-17,26H,3,6-7,10-12H2,1-2H3,(H,27,28). The molecule has 2 bridgehead atoms. The first-order valence-electron chi connectivity index (χ1n) is 10.9. The van der Waals surface area contributed by atoms with Crippen LogP contribution >= 0.6 is 11.3 Å². The van der Waals surface area contributed by atoms with Crippen LogP contribution in [0.15, 0.2) is 36.1 Å². The van der Waals surface area contributed by atoms with E-state index < -0.39 is 0 Å². The average Bonchev–Trinajstić information content (AvgIpc) is 3.37. The summed E-state index contributed by atoms with van der Waals surface area (Å²) in [5.74, 6) is 2.25. The van der Waals surface area contributed by atoms with E-state index in [1.165, 1.54) is 19.3 Å². The minimum atomic E-state index is -0.0402. The highest BCUT2D eigenvalue weighted by Gasteiger charge is 2.45. The normalized spacial score (nSPS) is 29.1. The highest BCUT2D eigenvalue weighted by Crippen LogP contribution is 2.48. The van der Waals surface area contributed by atoms with Crippen molar-refractivity contribution in [1.29, 1.82) is 0 Å². The molecule has 2 aliphatic rings. The summed E-state index contributed by atoms with van der Waals surface area (Å²) in [7, 11) is 0. The molecule has 1 amide bonds. The van der Waals surface area contributed by atoms with Crippen LogP contribution in [0.5, 0.6) is 0 Å². The molecule has 2 saturated carbocycles. The zero-order chi connectivity index (χ0) is 20.0. The summed E-state index contributed by atoms with van der Waals surface area (Å²) in [5, 5.41) is 4.56. The van der Waals surface area contributed by atoms with Gasteiger partial charge in [-0.05, 0) is 73.6 Å². The van der Waals surface area contributed by atoms with Crippen LogP contribution in [0, 0.1) is 17.8 Å². The van der Waals surface area contributed by atoms with E-state index >= 15 is 0 Å². The Kier molecular flexibility index (Phi) is 4.73. The molecule has 2 aliphatic carbocycles. The molecule has 0 spiro atoms. The Morgan fingerprint density at radius 2 is 2.21 bits per heavy atom. The van der Waals surface area contributed by atoms with E-state index in [9.17, 15) is 4.79 Å². The topological polar surface area (TPSA) is 57.8 Å². The third-order valence-electron chi connectivity index (χ3n) is 7.09. The van der Waals surface area contributed by atoms with E-state index in [0.29, 0.717) is 5.92 Å². The van der Waals surface area contributed by atoms with Crippen LogP contribution in [-0.4, -0.2) is 21.4 Å². The third-order valence-corrected chi connectivity index (χ3v) is 7.91. The zero-order valence-corrected chi connectivity index (χ0v) is 18.0. The summed E-state index contributed by atoms with van der Waals surface area (Å²) >= 11 is 1.60. The Hall–Kier alpha value is -2.14. The van der Waals surface area contributed by atoms with Gasteiger partial charge in [0.05, 0.1) is 10.4 Å². The summed E-state index contributed by atoms with van der Waals surface area (Å²) < 4.78 is 0. The Balaban J connectivity index is 1.50. The molecular formula is C24H29N3OS. The van der Waals surface area contributed by atoms with Crippen LogP contribution in [0.3, 0.4) is 0 Å². The number of H-pyrrole nitrogens is 1. The predicted octanol–water partition coefficient (Wildman–Crippen LogP) is 6.02.